The Kier molecular flexibility index (Phi) is 2.65. The summed E-state index contributed by atoms with van der Waals surface area (Å²) in [6.45, 7) is 4.09. The number of aromatic nitrogens is 1. The van der Waals surface area contributed by atoms with Crippen LogP contribution in [0, 0.1) is 13.8 Å². The second kappa shape index (κ2) is 3.81. The van der Waals surface area contributed by atoms with Crippen LogP contribution in [-0.4, -0.2) is 12.0 Å². The molecular formula is C12H13BrN2. The first-order valence-electron chi connectivity index (χ1n) is 4.87. The highest BCUT2D eigenvalue weighted by atomic mass is 79.9. The van der Waals surface area contributed by atoms with Gasteiger partial charge in [-0.15, -0.1) is 0 Å². The summed E-state index contributed by atoms with van der Waals surface area (Å²) in [5.74, 6) is 0. The van der Waals surface area contributed by atoms with Crippen LogP contribution in [0.5, 0.6) is 0 Å². The van der Waals surface area contributed by atoms with Crippen LogP contribution in [0.2, 0.25) is 0 Å². The van der Waals surface area contributed by atoms with E-state index in [1.165, 1.54) is 5.56 Å². The van der Waals surface area contributed by atoms with Gasteiger partial charge in [-0.05, 0) is 53.5 Å². The molecular weight excluding hydrogens is 252 g/mol. The summed E-state index contributed by atoms with van der Waals surface area (Å²) in [5, 5.41) is 4.37. The molecule has 0 aliphatic rings. The van der Waals surface area contributed by atoms with Gasteiger partial charge in [0.2, 0.25) is 0 Å². The lowest BCUT2D eigenvalue weighted by Crippen LogP contribution is -1.94. The van der Waals surface area contributed by atoms with Crippen molar-refractivity contribution in [3.05, 3.63) is 33.9 Å². The van der Waals surface area contributed by atoms with Crippen LogP contribution in [-0.2, 0) is 0 Å². The van der Waals surface area contributed by atoms with Gasteiger partial charge < -0.3 is 5.32 Å². The molecule has 2 nitrogen and oxygen atoms in total. The molecule has 0 aliphatic heterocycles. The van der Waals surface area contributed by atoms with Crippen molar-refractivity contribution in [2.24, 2.45) is 0 Å². The summed E-state index contributed by atoms with van der Waals surface area (Å²) in [6, 6.07) is 6.31. The van der Waals surface area contributed by atoms with E-state index in [9.17, 15) is 0 Å². The van der Waals surface area contributed by atoms with Gasteiger partial charge in [-0.3, -0.25) is 4.98 Å². The molecule has 0 atom stereocenters. The van der Waals surface area contributed by atoms with Crippen molar-refractivity contribution in [1.29, 1.82) is 0 Å². The van der Waals surface area contributed by atoms with Gasteiger partial charge in [0.05, 0.1) is 5.52 Å². The third kappa shape index (κ3) is 1.84. The quantitative estimate of drug-likeness (QED) is 0.851. The Hall–Kier alpha value is -1.09. The molecule has 15 heavy (non-hydrogen) atoms. The van der Waals surface area contributed by atoms with Crippen molar-refractivity contribution in [1.82, 2.24) is 4.98 Å². The molecule has 78 valence electrons. The number of benzene rings is 1. The van der Waals surface area contributed by atoms with E-state index in [1.807, 2.05) is 14.0 Å². The third-order valence-corrected chi connectivity index (χ3v) is 3.01. The van der Waals surface area contributed by atoms with E-state index >= 15 is 0 Å². The van der Waals surface area contributed by atoms with E-state index in [1.54, 1.807) is 0 Å². The van der Waals surface area contributed by atoms with Gasteiger partial charge in [0.25, 0.3) is 0 Å². The lowest BCUT2D eigenvalue weighted by atomic mass is 10.1. The molecule has 0 saturated carbocycles. The van der Waals surface area contributed by atoms with Crippen LogP contribution < -0.4 is 5.32 Å². The van der Waals surface area contributed by atoms with Crippen molar-refractivity contribution in [2.45, 2.75) is 13.8 Å². The summed E-state index contributed by atoms with van der Waals surface area (Å²) in [4.78, 5) is 4.54. The maximum atomic E-state index is 4.54. The largest absolute Gasteiger partial charge is 0.388 e. The molecule has 0 radical (unpaired) electrons. The highest BCUT2D eigenvalue weighted by molar-refractivity contribution is 9.10. The normalized spacial score (nSPS) is 10.7. The average molecular weight is 265 g/mol. The predicted molar refractivity (Wildman–Crippen MR) is 68.5 cm³/mol. The summed E-state index contributed by atoms with van der Waals surface area (Å²) in [7, 11) is 1.93. The van der Waals surface area contributed by atoms with E-state index in [0.29, 0.717) is 0 Å². The number of nitrogens with one attached hydrogen (secondary N) is 1. The molecule has 0 bridgehead atoms. The van der Waals surface area contributed by atoms with Crippen LogP contribution >= 0.6 is 15.9 Å². The van der Waals surface area contributed by atoms with E-state index < -0.39 is 0 Å². The number of nitrogens with zero attached hydrogens (tertiary/aromatic N) is 1. The molecule has 0 spiro atoms. The number of hydrogen-bond acceptors (Lipinski definition) is 2. The fourth-order valence-electron chi connectivity index (χ4n) is 1.76. The second-order valence-corrected chi connectivity index (χ2v) is 4.56. The first-order chi connectivity index (χ1) is 7.11. The van der Waals surface area contributed by atoms with Gasteiger partial charge >= 0.3 is 0 Å². The minimum absolute atomic E-state index is 1.02. The van der Waals surface area contributed by atoms with E-state index in [0.717, 1.165) is 26.8 Å². The molecule has 0 unspecified atom stereocenters. The van der Waals surface area contributed by atoms with Crippen molar-refractivity contribution >= 4 is 32.5 Å². The van der Waals surface area contributed by atoms with Gasteiger partial charge in [0.1, 0.15) is 0 Å². The second-order valence-electron chi connectivity index (χ2n) is 3.70. The molecule has 2 aromatic rings. The first kappa shape index (κ1) is 10.4. The molecule has 0 saturated heterocycles. The number of pyridine rings is 1. The van der Waals surface area contributed by atoms with Gasteiger partial charge in [0, 0.05) is 28.3 Å². The lowest BCUT2D eigenvalue weighted by molar-refractivity contribution is 1.24. The van der Waals surface area contributed by atoms with Gasteiger partial charge in [-0.2, -0.15) is 0 Å². The van der Waals surface area contributed by atoms with Crippen molar-refractivity contribution in [3.8, 4) is 0 Å². The molecule has 3 heteroatoms. The highest BCUT2D eigenvalue weighted by Crippen LogP contribution is 2.29. The zero-order valence-electron chi connectivity index (χ0n) is 9.06. The summed E-state index contributed by atoms with van der Waals surface area (Å²) < 4.78 is 1.05. The number of anilines is 1. The number of rotatable bonds is 1. The van der Waals surface area contributed by atoms with Gasteiger partial charge in [-0.25, -0.2) is 0 Å². The Morgan fingerprint density at radius 3 is 2.60 bits per heavy atom. The molecule has 0 fully saturated rings. The number of aryl methyl sites for hydroxylation is 2. The topological polar surface area (TPSA) is 24.9 Å². The zero-order chi connectivity index (χ0) is 11.0. The monoisotopic (exact) mass is 264 g/mol. The minimum Gasteiger partial charge on any atom is -0.388 e. The Balaban J connectivity index is 2.89. The molecule has 1 aromatic carbocycles. The Morgan fingerprint density at radius 1 is 1.20 bits per heavy atom. The van der Waals surface area contributed by atoms with Crippen LogP contribution in [0.4, 0.5) is 5.69 Å². The summed E-state index contributed by atoms with van der Waals surface area (Å²) in [5.41, 5.74) is 4.40. The minimum atomic E-state index is 1.02. The SMILES string of the molecule is CNc1cc(C)nc2c(Br)cc(C)cc12. The zero-order valence-corrected chi connectivity index (χ0v) is 10.6. The molecule has 0 aliphatic carbocycles. The number of hydrogen-bond donors (Lipinski definition) is 1. The van der Waals surface area contributed by atoms with Crippen LogP contribution in [0.25, 0.3) is 10.9 Å². The molecule has 1 heterocycles. The summed E-state index contributed by atoms with van der Waals surface area (Å²) >= 11 is 3.55. The first-order valence-corrected chi connectivity index (χ1v) is 5.66. The molecule has 2 rings (SSSR count). The number of halogens is 1. The fourth-order valence-corrected chi connectivity index (χ4v) is 2.42. The van der Waals surface area contributed by atoms with E-state index in [-0.39, 0.29) is 0 Å². The fraction of sp³-hybridized carbons (Fsp3) is 0.250. The summed E-state index contributed by atoms with van der Waals surface area (Å²) in [6.07, 6.45) is 0. The van der Waals surface area contributed by atoms with Gasteiger partial charge in [0.15, 0.2) is 0 Å². The van der Waals surface area contributed by atoms with Crippen molar-refractivity contribution in [3.63, 3.8) is 0 Å². The van der Waals surface area contributed by atoms with E-state index in [2.05, 4.69) is 51.4 Å². The standard InChI is InChI=1S/C12H13BrN2/c1-7-4-9-11(14-3)6-8(2)15-12(9)10(13)5-7/h4-6H,1-3H3,(H,14,15). The van der Waals surface area contributed by atoms with Gasteiger partial charge in [-0.1, -0.05) is 0 Å². The predicted octanol–water partition coefficient (Wildman–Crippen LogP) is 3.66. The Labute approximate surface area is 97.8 Å². The Bertz CT molecular complexity index is 521. The number of fused-ring (bicyclic) bond motifs is 1. The highest BCUT2D eigenvalue weighted by Gasteiger charge is 2.06. The smallest absolute Gasteiger partial charge is 0.0868 e. The lowest BCUT2D eigenvalue weighted by Gasteiger charge is -2.09. The molecule has 1 aromatic heterocycles. The maximum Gasteiger partial charge on any atom is 0.0868 e. The molecule has 0 amide bonds. The van der Waals surface area contributed by atoms with Crippen LogP contribution in [0.1, 0.15) is 11.3 Å². The average Bonchev–Trinajstić information content (AvgIpc) is 2.18. The maximum absolute atomic E-state index is 4.54. The Morgan fingerprint density at radius 2 is 1.93 bits per heavy atom. The molecule has 1 N–H and O–H groups in total. The van der Waals surface area contributed by atoms with E-state index in [4.69, 9.17) is 0 Å². The van der Waals surface area contributed by atoms with Crippen LogP contribution in [0.15, 0.2) is 22.7 Å². The van der Waals surface area contributed by atoms with Crippen molar-refractivity contribution in [2.75, 3.05) is 12.4 Å². The van der Waals surface area contributed by atoms with Crippen molar-refractivity contribution < 1.29 is 0 Å². The van der Waals surface area contributed by atoms with Crippen LogP contribution in [0.3, 0.4) is 0 Å². The third-order valence-electron chi connectivity index (χ3n) is 2.41.